The third kappa shape index (κ3) is 8.80. The average Bonchev–Trinajstić information content (AvgIpc) is 2.87. The predicted octanol–water partition coefficient (Wildman–Crippen LogP) is 4.96. The van der Waals surface area contributed by atoms with Gasteiger partial charge in [-0.1, -0.05) is 0 Å². The number of hydrogen-bond donors (Lipinski definition) is 0. The maximum atomic E-state index is 12.9. The van der Waals surface area contributed by atoms with Crippen LogP contribution in [0.4, 0.5) is 9.59 Å². The number of hydrogen-bond acceptors (Lipinski definition) is 12. The first-order chi connectivity index (χ1) is 18.2. The molecule has 0 N–H and O–H groups in total. The molecule has 0 spiro atoms. The lowest BCUT2D eigenvalue weighted by atomic mass is 9.92. The summed E-state index contributed by atoms with van der Waals surface area (Å²) < 4.78 is 40.6. The standard InChI is InChI=1S/C27H32O12/c1-26(2,38-22(28)16-9-11-18(20(13-16)32-5)36-24(30)34-7)15-27(3,4)39-23(29)17-10-12-19(21(14-17)33-6)37-25(31)35-8/h9-14H,15H2,1-8H3. The molecule has 0 fully saturated rings. The summed E-state index contributed by atoms with van der Waals surface area (Å²) in [7, 11) is 5.03. The second-order valence-electron chi connectivity index (χ2n) is 9.32. The lowest BCUT2D eigenvalue weighted by molar-refractivity contribution is -0.0587. The molecule has 2 aromatic carbocycles. The number of carbonyl (C=O) groups excluding carboxylic acids is 4. The summed E-state index contributed by atoms with van der Waals surface area (Å²) in [6, 6.07) is 8.30. The van der Waals surface area contributed by atoms with Crippen LogP contribution < -0.4 is 18.9 Å². The van der Waals surface area contributed by atoms with Crippen LogP contribution in [0.2, 0.25) is 0 Å². The van der Waals surface area contributed by atoms with Gasteiger partial charge in [0, 0.05) is 6.42 Å². The van der Waals surface area contributed by atoms with Gasteiger partial charge in [-0.15, -0.1) is 0 Å². The third-order valence-corrected chi connectivity index (χ3v) is 5.11. The first kappa shape index (κ1) is 30.7. The third-order valence-electron chi connectivity index (χ3n) is 5.11. The zero-order chi connectivity index (χ0) is 29.4. The summed E-state index contributed by atoms with van der Waals surface area (Å²) >= 11 is 0. The van der Waals surface area contributed by atoms with E-state index in [-0.39, 0.29) is 40.5 Å². The van der Waals surface area contributed by atoms with Crippen molar-refractivity contribution < 1.29 is 57.1 Å². The number of benzene rings is 2. The molecule has 0 aliphatic heterocycles. The Labute approximate surface area is 226 Å². The molecular formula is C27H32O12. The quantitative estimate of drug-likeness (QED) is 0.225. The van der Waals surface area contributed by atoms with Crippen LogP contribution in [-0.4, -0.2) is 63.9 Å². The Hall–Kier alpha value is -4.48. The van der Waals surface area contributed by atoms with E-state index in [0.717, 1.165) is 14.2 Å². The first-order valence-electron chi connectivity index (χ1n) is 11.6. The van der Waals surface area contributed by atoms with Crippen LogP contribution >= 0.6 is 0 Å². The summed E-state index contributed by atoms with van der Waals surface area (Å²) in [5, 5.41) is 0. The van der Waals surface area contributed by atoms with Gasteiger partial charge in [-0.05, 0) is 64.1 Å². The molecule has 0 aliphatic carbocycles. The van der Waals surface area contributed by atoms with Crippen molar-refractivity contribution >= 4 is 24.2 Å². The van der Waals surface area contributed by atoms with Crippen LogP contribution in [0.3, 0.4) is 0 Å². The molecule has 12 heteroatoms. The van der Waals surface area contributed by atoms with Gasteiger partial charge in [0.15, 0.2) is 23.0 Å². The van der Waals surface area contributed by atoms with Crippen LogP contribution in [-0.2, 0) is 18.9 Å². The molecule has 0 aliphatic rings. The van der Waals surface area contributed by atoms with Gasteiger partial charge in [0.1, 0.15) is 11.2 Å². The molecular weight excluding hydrogens is 516 g/mol. The summed E-state index contributed by atoms with van der Waals surface area (Å²) in [6.07, 6.45) is -1.74. The van der Waals surface area contributed by atoms with Crippen LogP contribution in [0.25, 0.3) is 0 Å². The van der Waals surface area contributed by atoms with Crippen molar-refractivity contribution in [1.82, 2.24) is 0 Å². The molecule has 2 aromatic rings. The number of carbonyl (C=O) groups is 4. The fourth-order valence-corrected chi connectivity index (χ4v) is 3.74. The van der Waals surface area contributed by atoms with E-state index in [1.165, 1.54) is 50.6 Å². The highest BCUT2D eigenvalue weighted by atomic mass is 16.7. The Morgan fingerprint density at radius 3 is 1.26 bits per heavy atom. The fourth-order valence-electron chi connectivity index (χ4n) is 3.74. The van der Waals surface area contributed by atoms with Crippen LogP contribution in [0.15, 0.2) is 36.4 Å². The highest BCUT2D eigenvalue weighted by Gasteiger charge is 2.35. The molecule has 0 heterocycles. The second kappa shape index (κ2) is 12.9. The smallest absolute Gasteiger partial charge is 0.493 e. The minimum Gasteiger partial charge on any atom is -0.493 e. The Morgan fingerprint density at radius 2 is 0.949 bits per heavy atom. The average molecular weight is 549 g/mol. The number of ether oxygens (including phenoxy) is 8. The molecule has 0 saturated heterocycles. The molecule has 39 heavy (non-hydrogen) atoms. The molecule has 0 amide bonds. The topological polar surface area (TPSA) is 142 Å². The van der Waals surface area contributed by atoms with E-state index < -0.39 is 35.5 Å². The van der Waals surface area contributed by atoms with Crippen molar-refractivity contribution in [3.63, 3.8) is 0 Å². The van der Waals surface area contributed by atoms with Gasteiger partial charge in [-0.2, -0.15) is 0 Å². The van der Waals surface area contributed by atoms with Crippen molar-refractivity contribution in [2.24, 2.45) is 0 Å². The Balaban J connectivity index is 2.10. The summed E-state index contributed by atoms with van der Waals surface area (Å²) in [5.74, 6) is -0.961. The van der Waals surface area contributed by atoms with Crippen molar-refractivity contribution in [2.45, 2.75) is 45.3 Å². The van der Waals surface area contributed by atoms with Crippen molar-refractivity contribution in [1.29, 1.82) is 0 Å². The second-order valence-corrected chi connectivity index (χ2v) is 9.32. The maximum absolute atomic E-state index is 12.9. The Bertz CT molecular complexity index is 1120. The van der Waals surface area contributed by atoms with Gasteiger partial charge >= 0.3 is 24.2 Å². The van der Waals surface area contributed by atoms with Gasteiger partial charge in [0.2, 0.25) is 0 Å². The Morgan fingerprint density at radius 1 is 0.590 bits per heavy atom. The minimum atomic E-state index is -1.06. The molecule has 0 bridgehead atoms. The lowest BCUT2D eigenvalue weighted by Gasteiger charge is -2.34. The highest BCUT2D eigenvalue weighted by Crippen LogP contribution is 2.33. The number of methoxy groups -OCH3 is 4. The molecule has 0 atom stereocenters. The van der Waals surface area contributed by atoms with Gasteiger partial charge in [-0.25, -0.2) is 19.2 Å². The van der Waals surface area contributed by atoms with E-state index in [4.69, 9.17) is 28.4 Å². The molecule has 0 aromatic heterocycles. The van der Waals surface area contributed by atoms with Gasteiger partial charge in [0.25, 0.3) is 0 Å². The minimum absolute atomic E-state index is 0.0646. The molecule has 12 nitrogen and oxygen atoms in total. The van der Waals surface area contributed by atoms with Crippen molar-refractivity contribution in [3.05, 3.63) is 47.5 Å². The SMILES string of the molecule is COC(=O)Oc1ccc(C(=O)OC(C)(C)CC(C)(C)OC(=O)c2ccc(OC(=O)OC)c(OC)c2)cc1OC. The molecule has 0 unspecified atom stereocenters. The van der Waals surface area contributed by atoms with Crippen LogP contribution in [0, 0.1) is 0 Å². The van der Waals surface area contributed by atoms with Crippen LogP contribution in [0.1, 0.15) is 54.8 Å². The predicted molar refractivity (Wildman–Crippen MR) is 136 cm³/mol. The summed E-state index contributed by atoms with van der Waals surface area (Å²) in [6.45, 7) is 6.70. The van der Waals surface area contributed by atoms with E-state index in [1.54, 1.807) is 27.7 Å². The van der Waals surface area contributed by atoms with Crippen molar-refractivity contribution in [2.75, 3.05) is 28.4 Å². The van der Waals surface area contributed by atoms with E-state index >= 15 is 0 Å². The van der Waals surface area contributed by atoms with Crippen molar-refractivity contribution in [3.8, 4) is 23.0 Å². The Kier molecular flexibility index (Phi) is 10.1. The zero-order valence-corrected chi connectivity index (χ0v) is 23.1. The lowest BCUT2D eigenvalue weighted by Crippen LogP contribution is -2.40. The van der Waals surface area contributed by atoms with E-state index in [1.807, 2.05) is 0 Å². The molecule has 2 rings (SSSR count). The largest absolute Gasteiger partial charge is 0.513 e. The summed E-state index contributed by atoms with van der Waals surface area (Å²) in [5.41, 5.74) is -1.84. The van der Waals surface area contributed by atoms with E-state index in [9.17, 15) is 19.2 Å². The fraction of sp³-hybridized carbons (Fsp3) is 0.407. The zero-order valence-electron chi connectivity index (χ0n) is 23.1. The monoisotopic (exact) mass is 548 g/mol. The normalized spacial score (nSPS) is 11.1. The number of rotatable bonds is 10. The van der Waals surface area contributed by atoms with E-state index in [0.29, 0.717) is 0 Å². The highest BCUT2D eigenvalue weighted by molar-refractivity contribution is 5.91. The number of esters is 2. The van der Waals surface area contributed by atoms with Gasteiger partial charge in [-0.3, -0.25) is 0 Å². The van der Waals surface area contributed by atoms with Gasteiger partial charge < -0.3 is 37.9 Å². The van der Waals surface area contributed by atoms with Crippen LogP contribution in [0.5, 0.6) is 23.0 Å². The maximum Gasteiger partial charge on any atom is 0.513 e. The van der Waals surface area contributed by atoms with E-state index in [2.05, 4.69) is 9.47 Å². The summed E-state index contributed by atoms with van der Waals surface area (Å²) in [4.78, 5) is 48.5. The van der Waals surface area contributed by atoms with Gasteiger partial charge in [0.05, 0.1) is 39.6 Å². The molecule has 0 saturated carbocycles. The molecule has 212 valence electrons. The molecule has 0 radical (unpaired) electrons. The first-order valence-corrected chi connectivity index (χ1v) is 11.6.